The highest BCUT2D eigenvalue weighted by atomic mass is 79.9. The number of carboxylic acid groups (broad SMARTS) is 1. The third-order valence-corrected chi connectivity index (χ3v) is 5.52. The van der Waals surface area contributed by atoms with Crippen LogP contribution in [0.3, 0.4) is 0 Å². The van der Waals surface area contributed by atoms with Crippen molar-refractivity contribution in [1.29, 1.82) is 0 Å². The van der Waals surface area contributed by atoms with Crippen molar-refractivity contribution < 1.29 is 19.0 Å². The molecule has 0 aliphatic carbocycles. The van der Waals surface area contributed by atoms with Crippen LogP contribution < -0.4 is 4.74 Å². The fourth-order valence-electron chi connectivity index (χ4n) is 2.84. The van der Waals surface area contributed by atoms with Crippen molar-refractivity contribution in [1.82, 2.24) is 0 Å². The molecule has 0 fully saturated rings. The van der Waals surface area contributed by atoms with Gasteiger partial charge in [-0.25, -0.2) is 9.18 Å². The Morgan fingerprint density at radius 2 is 1.72 bits per heavy atom. The Kier molecular flexibility index (Phi) is 7.17. The van der Waals surface area contributed by atoms with E-state index in [-0.39, 0.29) is 12.2 Å². The topological polar surface area (TPSA) is 46.5 Å². The number of carboxylic acids is 1. The quantitative estimate of drug-likeness (QED) is 0.383. The van der Waals surface area contributed by atoms with Gasteiger partial charge in [0.2, 0.25) is 0 Å². The van der Waals surface area contributed by atoms with E-state index in [9.17, 15) is 9.18 Å². The highest BCUT2D eigenvalue weighted by molar-refractivity contribution is 9.10. The molecule has 0 heterocycles. The molecule has 0 radical (unpaired) electrons. The van der Waals surface area contributed by atoms with Crippen LogP contribution in [0.15, 0.2) is 59.1 Å². The molecular formula is C22H16BrCl2FO3. The first-order chi connectivity index (χ1) is 13.8. The first kappa shape index (κ1) is 21.6. The van der Waals surface area contributed by atoms with Gasteiger partial charge in [0.1, 0.15) is 18.2 Å². The summed E-state index contributed by atoms with van der Waals surface area (Å²) in [7, 11) is 0. The van der Waals surface area contributed by atoms with Crippen LogP contribution in [0.5, 0.6) is 5.75 Å². The molecule has 0 unspecified atom stereocenters. The smallest absolute Gasteiger partial charge is 0.335 e. The van der Waals surface area contributed by atoms with Gasteiger partial charge in [0.25, 0.3) is 0 Å². The highest BCUT2D eigenvalue weighted by Crippen LogP contribution is 2.34. The van der Waals surface area contributed by atoms with Gasteiger partial charge < -0.3 is 9.84 Å². The molecule has 7 heteroatoms. The summed E-state index contributed by atoms with van der Waals surface area (Å²) >= 11 is 15.8. The Labute approximate surface area is 186 Å². The SMILES string of the molecule is O=C(O)c1ccc(CCc2cc(Cl)cc(Br)c2OCc2ccc(F)cc2Cl)cc1. The van der Waals surface area contributed by atoms with Gasteiger partial charge in [-0.3, -0.25) is 0 Å². The number of rotatable bonds is 7. The lowest BCUT2D eigenvalue weighted by atomic mass is 10.0. The normalized spacial score (nSPS) is 10.8. The molecule has 0 atom stereocenters. The predicted molar refractivity (Wildman–Crippen MR) is 116 cm³/mol. The molecule has 3 aromatic rings. The summed E-state index contributed by atoms with van der Waals surface area (Å²) in [5.41, 5.74) is 2.81. The lowest BCUT2D eigenvalue weighted by Crippen LogP contribution is -2.02. The number of aromatic carboxylic acids is 1. The van der Waals surface area contributed by atoms with Crippen LogP contribution in [-0.2, 0) is 19.4 Å². The second-order valence-corrected chi connectivity index (χ2v) is 8.10. The molecule has 3 nitrogen and oxygen atoms in total. The predicted octanol–water partition coefficient (Wildman–Crippen LogP) is 6.96. The molecule has 3 rings (SSSR count). The number of hydrogen-bond acceptors (Lipinski definition) is 2. The Balaban J connectivity index is 1.76. The zero-order chi connectivity index (χ0) is 21.0. The van der Waals surface area contributed by atoms with E-state index in [0.29, 0.717) is 38.7 Å². The van der Waals surface area contributed by atoms with Crippen molar-refractivity contribution in [2.75, 3.05) is 0 Å². The van der Waals surface area contributed by atoms with Crippen molar-refractivity contribution in [2.24, 2.45) is 0 Å². The number of hydrogen-bond donors (Lipinski definition) is 1. The third-order valence-electron chi connectivity index (χ3n) is 4.36. The Morgan fingerprint density at radius 3 is 2.38 bits per heavy atom. The highest BCUT2D eigenvalue weighted by Gasteiger charge is 2.13. The van der Waals surface area contributed by atoms with E-state index in [1.807, 2.05) is 6.07 Å². The van der Waals surface area contributed by atoms with Gasteiger partial charge in [-0.2, -0.15) is 0 Å². The molecular weight excluding hydrogens is 482 g/mol. The zero-order valence-corrected chi connectivity index (χ0v) is 18.2. The molecule has 0 aromatic heterocycles. The maximum absolute atomic E-state index is 13.2. The average Bonchev–Trinajstić information content (AvgIpc) is 2.67. The molecule has 0 saturated heterocycles. The van der Waals surface area contributed by atoms with E-state index in [0.717, 1.165) is 11.1 Å². The molecule has 3 aromatic carbocycles. The maximum atomic E-state index is 13.2. The molecule has 1 N–H and O–H groups in total. The molecule has 0 aliphatic rings. The van der Waals surface area contributed by atoms with Crippen LogP contribution in [0.25, 0.3) is 0 Å². The number of carbonyl (C=O) groups is 1. The lowest BCUT2D eigenvalue weighted by molar-refractivity contribution is 0.0697. The summed E-state index contributed by atoms with van der Waals surface area (Å²) in [6, 6.07) is 14.5. The van der Waals surface area contributed by atoms with Gasteiger partial charge in [-0.05, 0) is 76.3 Å². The molecule has 0 amide bonds. The zero-order valence-electron chi connectivity index (χ0n) is 15.1. The Bertz CT molecular complexity index is 1040. The molecule has 150 valence electrons. The molecule has 0 aliphatic heterocycles. The van der Waals surface area contributed by atoms with Crippen LogP contribution in [0.1, 0.15) is 27.0 Å². The van der Waals surface area contributed by atoms with Gasteiger partial charge in [-0.15, -0.1) is 0 Å². The monoisotopic (exact) mass is 496 g/mol. The minimum absolute atomic E-state index is 0.180. The van der Waals surface area contributed by atoms with Gasteiger partial charge in [-0.1, -0.05) is 41.4 Å². The maximum Gasteiger partial charge on any atom is 0.335 e. The number of aryl methyl sites for hydroxylation is 2. The number of halogens is 4. The van der Waals surface area contributed by atoms with Crippen molar-refractivity contribution in [3.05, 3.63) is 97.2 Å². The van der Waals surface area contributed by atoms with Gasteiger partial charge in [0.15, 0.2) is 0 Å². The summed E-state index contributed by atoms with van der Waals surface area (Å²) in [4.78, 5) is 11.0. The van der Waals surface area contributed by atoms with Crippen LogP contribution >= 0.6 is 39.1 Å². The van der Waals surface area contributed by atoms with E-state index in [2.05, 4.69) is 15.9 Å². The summed E-state index contributed by atoms with van der Waals surface area (Å²) in [5, 5.41) is 9.87. The Hall–Kier alpha value is -2.08. The third kappa shape index (κ3) is 5.72. The summed E-state index contributed by atoms with van der Waals surface area (Å²) in [6.07, 6.45) is 1.32. The van der Waals surface area contributed by atoms with E-state index < -0.39 is 11.8 Å². The van der Waals surface area contributed by atoms with E-state index >= 15 is 0 Å². The molecule has 0 bridgehead atoms. The minimum atomic E-state index is -0.953. The van der Waals surface area contributed by atoms with Crippen LogP contribution in [0.4, 0.5) is 4.39 Å². The number of ether oxygens (including phenoxy) is 1. The number of benzene rings is 3. The van der Waals surface area contributed by atoms with Crippen molar-refractivity contribution in [3.8, 4) is 5.75 Å². The first-order valence-corrected chi connectivity index (χ1v) is 10.3. The molecule has 0 spiro atoms. The van der Waals surface area contributed by atoms with E-state index in [4.69, 9.17) is 33.0 Å². The van der Waals surface area contributed by atoms with Crippen molar-refractivity contribution in [2.45, 2.75) is 19.4 Å². The first-order valence-electron chi connectivity index (χ1n) is 8.70. The average molecular weight is 498 g/mol. The summed E-state index contributed by atoms with van der Waals surface area (Å²) in [6.45, 7) is 0.180. The van der Waals surface area contributed by atoms with E-state index in [1.54, 1.807) is 36.4 Å². The fourth-order valence-corrected chi connectivity index (χ4v) is 4.05. The Morgan fingerprint density at radius 1 is 1.00 bits per heavy atom. The van der Waals surface area contributed by atoms with Gasteiger partial charge in [0.05, 0.1) is 15.1 Å². The molecule has 0 saturated carbocycles. The van der Waals surface area contributed by atoms with Crippen LogP contribution in [0, 0.1) is 5.82 Å². The lowest BCUT2D eigenvalue weighted by Gasteiger charge is -2.15. The second-order valence-electron chi connectivity index (χ2n) is 6.40. The van der Waals surface area contributed by atoms with Crippen molar-refractivity contribution in [3.63, 3.8) is 0 Å². The molecule has 29 heavy (non-hydrogen) atoms. The van der Waals surface area contributed by atoms with Gasteiger partial charge >= 0.3 is 5.97 Å². The van der Waals surface area contributed by atoms with Crippen molar-refractivity contribution >= 4 is 45.1 Å². The summed E-state index contributed by atoms with van der Waals surface area (Å²) in [5.74, 6) is -0.719. The van der Waals surface area contributed by atoms with E-state index in [1.165, 1.54) is 12.1 Å². The standard InChI is InChI=1S/C22H16BrCl2FO3/c23-19-10-17(24)9-15(6-3-13-1-4-14(5-2-13)22(27)28)21(19)29-12-16-7-8-18(26)11-20(16)25/h1-2,4-5,7-11H,3,6,12H2,(H,27,28). The minimum Gasteiger partial charge on any atom is -0.487 e. The second kappa shape index (κ2) is 9.61. The van der Waals surface area contributed by atoms with Crippen LogP contribution in [-0.4, -0.2) is 11.1 Å². The summed E-state index contributed by atoms with van der Waals surface area (Å²) < 4.78 is 19.9. The largest absolute Gasteiger partial charge is 0.487 e. The fraction of sp³-hybridized carbons (Fsp3) is 0.136. The van der Waals surface area contributed by atoms with Crippen LogP contribution in [0.2, 0.25) is 10.0 Å². The van der Waals surface area contributed by atoms with Gasteiger partial charge in [0, 0.05) is 10.6 Å².